The normalized spacial score (nSPS) is 19.6. The molecule has 2 bridgehead atoms. The summed E-state index contributed by atoms with van der Waals surface area (Å²) in [6.07, 6.45) is 6.51. The minimum Gasteiger partial charge on any atom is -0.466 e. The van der Waals surface area contributed by atoms with Crippen molar-refractivity contribution in [1.82, 2.24) is 41.0 Å². The van der Waals surface area contributed by atoms with Crippen molar-refractivity contribution >= 4 is 127 Å². The van der Waals surface area contributed by atoms with Crippen LogP contribution in [0.1, 0.15) is 117 Å². The van der Waals surface area contributed by atoms with E-state index in [0.29, 0.717) is 80.9 Å². The average Bonchev–Trinajstić information content (AvgIpc) is 0.787. The van der Waals surface area contributed by atoms with Gasteiger partial charge in [0.1, 0.15) is 24.7 Å². The van der Waals surface area contributed by atoms with E-state index in [1.807, 2.05) is 24.2 Å². The molecule has 5 atom stereocenters. The number of fused-ring (bicyclic) bond motifs is 6. The lowest BCUT2D eigenvalue weighted by Gasteiger charge is -2.69. The van der Waals surface area contributed by atoms with Gasteiger partial charge in [-0.05, 0) is 148 Å². The van der Waals surface area contributed by atoms with Crippen molar-refractivity contribution in [3.8, 4) is 5.75 Å². The van der Waals surface area contributed by atoms with E-state index in [2.05, 4.69) is 56.5 Å². The molecule has 26 heteroatoms. The highest BCUT2D eigenvalue weighted by atomic mass is 35.5. The highest BCUT2D eigenvalue weighted by Crippen LogP contribution is 2.75. The fraction of sp³-hybridized carbons (Fsp3) is 0.516. The third kappa shape index (κ3) is 13.7. The van der Waals surface area contributed by atoms with Gasteiger partial charge >= 0.3 is 12.1 Å². The topological polar surface area (TPSA) is 312 Å². The Labute approximate surface area is 539 Å². The highest BCUT2D eigenvalue weighted by Gasteiger charge is 2.76. The first-order valence-corrected chi connectivity index (χ1v) is 32.2. The summed E-state index contributed by atoms with van der Waals surface area (Å²) in [7, 11) is 3.35. The molecule has 0 spiro atoms. The number of nitrogens with two attached hydrogens (primary N) is 2. The van der Waals surface area contributed by atoms with Crippen molar-refractivity contribution in [3.05, 3.63) is 82.2 Å². The predicted molar refractivity (Wildman–Crippen MR) is 351 cm³/mol. The minimum absolute atomic E-state index is 0.00820. The molecule has 2 aromatic heterocycles. The number of nitrogens with zero attached hydrogens (tertiary/aromatic N) is 4. The Morgan fingerprint density at radius 3 is 1.86 bits per heavy atom. The molecule has 0 saturated heterocycles. The summed E-state index contributed by atoms with van der Waals surface area (Å²) >= 11 is 18.9. The number of hydrogen-bond acceptors (Lipinski definition) is 12. The Hall–Kier alpha value is -7.67. The molecule has 5 aliphatic rings. The number of halogens is 2. The maximum atomic E-state index is 14.9. The van der Waals surface area contributed by atoms with Crippen LogP contribution in [0.25, 0.3) is 21.8 Å². The Kier molecular flexibility index (Phi) is 20.6. The van der Waals surface area contributed by atoms with E-state index in [1.54, 1.807) is 68.1 Å². The first-order chi connectivity index (χ1) is 42.8. The number of aryl methyl sites for hydroxylation is 3. The number of amides is 9. The van der Waals surface area contributed by atoms with E-state index < -0.39 is 70.6 Å². The number of thiocarbonyl (C=S) groups is 1. The van der Waals surface area contributed by atoms with Gasteiger partial charge in [0.05, 0.1) is 22.0 Å². The van der Waals surface area contributed by atoms with Crippen LogP contribution < -0.4 is 52.6 Å². The lowest BCUT2D eigenvalue weighted by Crippen LogP contribution is -2.73. The summed E-state index contributed by atoms with van der Waals surface area (Å²) in [5.41, 5.74) is 19.0. The van der Waals surface area contributed by atoms with Crippen molar-refractivity contribution in [2.45, 2.75) is 129 Å². The number of nitrogens with one attached hydrogen (secondary N) is 7. The molecule has 5 unspecified atom stereocenters. The van der Waals surface area contributed by atoms with Crippen molar-refractivity contribution < 1.29 is 47.8 Å². The van der Waals surface area contributed by atoms with Gasteiger partial charge in [0.25, 0.3) is 5.17 Å². The molecule has 10 rings (SSSR count). The highest BCUT2D eigenvalue weighted by molar-refractivity contribution is 7.80. The van der Waals surface area contributed by atoms with E-state index >= 15 is 0 Å². The molecular weight excluding hydrogens is 1210 g/mol. The fourth-order valence-corrected chi connectivity index (χ4v) is 14.1. The molecule has 3 aliphatic carbocycles. The largest absolute Gasteiger partial charge is 0.466 e. The Morgan fingerprint density at radius 1 is 0.733 bits per heavy atom. The monoisotopic (exact) mass is 1300 g/mol. The van der Waals surface area contributed by atoms with E-state index in [0.717, 1.165) is 55.4 Å². The van der Waals surface area contributed by atoms with E-state index in [1.165, 1.54) is 11.8 Å². The standard InChI is InChI=1S/C64H83Cl2N13O10S/c1-34(2)52(75-56(82)43(72-38(6)80)12-9-10-18-67)57(83)74-44(13-11-19-69-60(68)86)55(81)73-42-16-14-39(15-17-42)30-88-62(90)77(8)21-20-76(7)61(87)89-47-23-46-51(49-37(5)27-71-54(47)49)41(25-66)29-79(46)59(85)64-31-63(32-64,33-64)58(84)78-28-40(24-65)50-45(78)22-35(3)53-48(50)36(4)26-70-53/h14-17,22-23,26-27,34,40-41,43-44,52,70-71H,9-13,18-21,24-25,28-33,67H2,1-8H3,(H,72,80)(H,73,81)(H,74,83)(H,75,82)(H3,68,69,86). The third-order valence-corrected chi connectivity index (χ3v) is 19.4. The van der Waals surface area contributed by atoms with Crippen LogP contribution in [0.3, 0.4) is 0 Å². The smallest absolute Gasteiger partial charge is 0.415 e. The predicted octanol–water partition coefficient (Wildman–Crippen LogP) is 7.29. The number of hydrogen-bond donors (Lipinski definition) is 9. The number of anilines is 3. The molecule has 3 saturated carbocycles. The molecule has 90 heavy (non-hydrogen) atoms. The zero-order valence-electron chi connectivity index (χ0n) is 52.3. The fourth-order valence-electron chi connectivity index (χ4n) is 13.4. The van der Waals surface area contributed by atoms with E-state index in [4.69, 9.17) is 56.4 Å². The molecule has 3 aromatic carbocycles. The van der Waals surface area contributed by atoms with Crippen molar-refractivity contribution in [2.24, 2.45) is 28.2 Å². The maximum absolute atomic E-state index is 14.9. The lowest BCUT2D eigenvalue weighted by molar-refractivity contribution is -0.205. The number of unbranched alkanes of at least 4 members (excludes halogenated alkanes) is 1. The van der Waals surface area contributed by atoms with Crippen molar-refractivity contribution in [3.63, 3.8) is 0 Å². The number of carbonyl (C=O) groups is 8. The number of carbonyl (C=O) groups excluding carboxylic acids is 8. The van der Waals surface area contributed by atoms with Crippen LogP contribution in [0.2, 0.25) is 0 Å². The number of likely N-dealkylation sites (N-methyl/N-ethyl adjacent to an activating group) is 2. The second kappa shape index (κ2) is 27.8. The van der Waals surface area contributed by atoms with Crippen LogP contribution in [0.4, 0.5) is 26.7 Å². The van der Waals surface area contributed by atoms with Crippen LogP contribution >= 0.6 is 35.4 Å². The Morgan fingerprint density at radius 2 is 1.29 bits per heavy atom. The van der Waals surface area contributed by atoms with Gasteiger partial charge in [-0.2, -0.15) is 0 Å². The SMILES string of the molecule is CC(=O)NC(CCCCN)C(=O)NC(C(=O)NC(CCCNC(N)=O)C(=O)Nc1ccc(COC(=S)N(C)CCN(C)C(=O)Oc2cc3c(c4c(C)c[nH]c24)C(CCl)CN3C(=O)C23CC(C(=O)N4CC(CCl)c5c4cc(C)c4[nH]cc(C)c54)(C2)C3)cc1)C(C)C. The Bertz CT molecular complexity index is 3590. The first kappa shape index (κ1) is 66.7. The Balaban J connectivity index is 0.778. The lowest BCUT2D eigenvalue weighted by atomic mass is 9.34. The third-order valence-electron chi connectivity index (χ3n) is 18.2. The van der Waals surface area contributed by atoms with Crippen molar-refractivity contribution in [1.29, 1.82) is 0 Å². The number of alkyl halides is 2. The number of H-pyrrole nitrogens is 2. The van der Waals surface area contributed by atoms with E-state index in [-0.39, 0.29) is 79.5 Å². The minimum atomic E-state index is -1.08. The van der Waals surface area contributed by atoms with Crippen LogP contribution in [-0.2, 0) is 40.1 Å². The number of primary amides is 1. The van der Waals surface area contributed by atoms with Gasteiger partial charge in [0.2, 0.25) is 35.4 Å². The number of aromatic amines is 2. The second-order valence-electron chi connectivity index (χ2n) is 25.2. The molecule has 9 amide bonds. The molecule has 3 fully saturated rings. The van der Waals surface area contributed by atoms with Gasteiger partial charge in [0.15, 0.2) is 5.75 Å². The molecule has 5 aromatic rings. The molecule has 484 valence electrons. The van der Waals surface area contributed by atoms with Gasteiger partial charge in [-0.15, -0.1) is 23.2 Å². The maximum Gasteiger partial charge on any atom is 0.415 e. The number of rotatable bonds is 26. The average molecular weight is 1300 g/mol. The van der Waals surface area contributed by atoms with Crippen LogP contribution in [0.5, 0.6) is 5.75 Å². The summed E-state index contributed by atoms with van der Waals surface area (Å²) in [6, 6.07) is 6.89. The van der Waals surface area contributed by atoms with Crippen LogP contribution in [-0.4, -0.2) is 156 Å². The van der Waals surface area contributed by atoms with Crippen LogP contribution in [0.15, 0.2) is 48.8 Å². The van der Waals surface area contributed by atoms with Gasteiger partial charge in [-0.25, -0.2) is 9.59 Å². The molecule has 2 aliphatic heterocycles. The number of aromatic nitrogens is 2. The summed E-state index contributed by atoms with van der Waals surface area (Å²) in [5.74, 6) is -1.79. The number of ether oxygens (including phenoxy) is 2. The number of urea groups is 1. The summed E-state index contributed by atoms with van der Waals surface area (Å²) in [5, 5.41) is 15.6. The summed E-state index contributed by atoms with van der Waals surface area (Å²) in [6.45, 7) is 12.8. The molecule has 11 N–H and O–H groups in total. The molecular formula is C64H83Cl2N13O10S. The molecule has 23 nitrogen and oxygen atoms in total. The van der Waals surface area contributed by atoms with E-state index in [9.17, 15) is 38.4 Å². The summed E-state index contributed by atoms with van der Waals surface area (Å²) in [4.78, 5) is 121. The van der Waals surface area contributed by atoms with Gasteiger partial charge < -0.3 is 77.1 Å². The zero-order valence-corrected chi connectivity index (χ0v) is 54.6. The molecule has 0 radical (unpaired) electrons. The second-order valence-corrected chi connectivity index (χ2v) is 26.2. The van der Waals surface area contributed by atoms with Gasteiger partial charge in [-0.1, -0.05) is 26.0 Å². The van der Waals surface area contributed by atoms with Crippen LogP contribution in [0, 0.1) is 37.5 Å². The first-order valence-electron chi connectivity index (χ1n) is 30.7. The van der Waals surface area contributed by atoms with Crippen molar-refractivity contribution in [2.75, 3.05) is 80.2 Å². The van der Waals surface area contributed by atoms with Gasteiger partial charge in [0, 0.05) is 123 Å². The molecule has 4 heterocycles. The quantitative estimate of drug-likeness (QED) is 0.0149. The zero-order chi connectivity index (χ0) is 65.1. The summed E-state index contributed by atoms with van der Waals surface area (Å²) < 4.78 is 12.1. The number of benzene rings is 3. The van der Waals surface area contributed by atoms with Gasteiger partial charge in [-0.3, -0.25) is 28.8 Å².